The van der Waals surface area contributed by atoms with Crippen molar-refractivity contribution in [2.75, 3.05) is 0 Å². The fourth-order valence-corrected chi connectivity index (χ4v) is 2.64. The second kappa shape index (κ2) is 6.18. The Morgan fingerprint density at radius 2 is 1.82 bits per heavy atom. The van der Waals surface area contributed by atoms with Gasteiger partial charge in [0.15, 0.2) is 0 Å². The van der Waals surface area contributed by atoms with Gasteiger partial charge in [0, 0.05) is 12.1 Å². The van der Waals surface area contributed by atoms with E-state index in [-0.39, 0.29) is 12.1 Å². The minimum Gasteiger partial charge on any atom is -0.392 e. The summed E-state index contributed by atoms with van der Waals surface area (Å²) in [4.78, 5) is 0. The average Bonchev–Trinajstić information content (AvgIpc) is 2.56. The number of aliphatic hydroxyl groups excluding tert-OH is 1. The van der Waals surface area contributed by atoms with Crippen molar-refractivity contribution in [3.63, 3.8) is 0 Å². The van der Waals surface area contributed by atoms with Gasteiger partial charge in [-0.05, 0) is 25.3 Å². The molecule has 2 heteroatoms. The Kier molecular flexibility index (Phi) is 4.57. The molecule has 1 fully saturated rings. The molecule has 0 spiro atoms. The van der Waals surface area contributed by atoms with Gasteiger partial charge in [-0.3, -0.25) is 0 Å². The van der Waals surface area contributed by atoms with E-state index in [9.17, 15) is 5.11 Å². The van der Waals surface area contributed by atoms with Crippen LogP contribution in [0.5, 0.6) is 0 Å². The van der Waals surface area contributed by atoms with Gasteiger partial charge in [-0.2, -0.15) is 0 Å². The van der Waals surface area contributed by atoms with Gasteiger partial charge in [0.1, 0.15) is 0 Å². The van der Waals surface area contributed by atoms with Crippen LogP contribution >= 0.6 is 0 Å². The van der Waals surface area contributed by atoms with Gasteiger partial charge in [0.05, 0.1) is 6.10 Å². The summed E-state index contributed by atoms with van der Waals surface area (Å²) in [6.45, 7) is 2.17. The largest absolute Gasteiger partial charge is 0.392 e. The minimum atomic E-state index is -0.177. The molecule has 3 atom stereocenters. The highest BCUT2D eigenvalue weighted by molar-refractivity contribution is 5.18. The molecule has 1 aromatic carbocycles. The van der Waals surface area contributed by atoms with Crippen LogP contribution in [0.1, 0.15) is 50.6 Å². The molecule has 1 saturated carbocycles. The Morgan fingerprint density at radius 3 is 2.59 bits per heavy atom. The molecule has 1 aliphatic carbocycles. The predicted molar refractivity (Wildman–Crippen MR) is 70.9 cm³/mol. The Hall–Kier alpha value is -0.860. The van der Waals surface area contributed by atoms with E-state index < -0.39 is 0 Å². The molecule has 0 aromatic heterocycles. The van der Waals surface area contributed by atoms with Crippen LogP contribution in [0.4, 0.5) is 0 Å². The van der Waals surface area contributed by atoms with Crippen molar-refractivity contribution in [3.05, 3.63) is 35.9 Å². The van der Waals surface area contributed by atoms with E-state index in [4.69, 9.17) is 0 Å². The Bertz CT molecular complexity index is 325. The third-order valence-electron chi connectivity index (χ3n) is 3.74. The standard InChI is InChI=1S/C15H23NO/c1-12(13-8-4-2-5-9-13)16-14-10-6-3-7-11-15(14)17/h2,4-5,8-9,12,14-17H,3,6-7,10-11H2,1H3. The van der Waals surface area contributed by atoms with Crippen LogP contribution in [0.3, 0.4) is 0 Å². The molecule has 2 nitrogen and oxygen atoms in total. The van der Waals surface area contributed by atoms with E-state index in [1.165, 1.54) is 24.8 Å². The molecule has 3 unspecified atom stereocenters. The Balaban J connectivity index is 1.95. The van der Waals surface area contributed by atoms with Gasteiger partial charge in [-0.25, -0.2) is 0 Å². The van der Waals surface area contributed by atoms with Crippen molar-refractivity contribution < 1.29 is 5.11 Å². The number of benzene rings is 1. The van der Waals surface area contributed by atoms with Crippen molar-refractivity contribution in [1.29, 1.82) is 0 Å². The van der Waals surface area contributed by atoms with Crippen LogP contribution in [-0.4, -0.2) is 17.3 Å². The molecule has 1 aliphatic rings. The fraction of sp³-hybridized carbons (Fsp3) is 0.600. The first-order valence-corrected chi connectivity index (χ1v) is 6.76. The molecule has 94 valence electrons. The smallest absolute Gasteiger partial charge is 0.0693 e. The monoisotopic (exact) mass is 233 g/mol. The van der Waals surface area contributed by atoms with Gasteiger partial charge in [0.2, 0.25) is 0 Å². The number of hydrogen-bond acceptors (Lipinski definition) is 2. The summed E-state index contributed by atoms with van der Waals surface area (Å²) < 4.78 is 0. The summed E-state index contributed by atoms with van der Waals surface area (Å²) in [5.74, 6) is 0. The van der Waals surface area contributed by atoms with Crippen molar-refractivity contribution >= 4 is 0 Å². The maximum atomic E-state index is 10.1. The number of aliphatic hydroxyl groups is 1. The predicted octanol–water partition coefficient (Wildman–Crippen LogP) is 3.03. The lowest BCUT2D eigenvalue weighted by molar-refractivity contribution is 0.115. The molecular weight excluding hydrogens is 210 g/mol. The summed E-state index contributed by atoms with van der Waals surface area (Å²) in [7, 11) is 0. The van der Waals surface area contributed by atoms with Crippen LogP contribution in [0.2, 0.25) is 0 Å². The number of nitrogens with one attached hydrogen (secondary N) is 1. The zero-order valence-electron chi connectivity index (χ0n) is 10.6. The summed E-state index contributed by atoms with van der Waals surface area (Å²) in [6.07, 6.45) is 5.52. The first-order valence-electron chi connectivity index (χ1n) is 6.76. The highest BCUT2D eigenvalue weighted by Gasteiger charge is 2.22. The molecule has 0 saturated heterocycles. The number of rotatable bonds is 3. The van der Waals surface area contributed by atoms with Gasteiger partial charge >= 0.3 is 0 Å². The molecule has 0 bridgehead atoms. The van der Waals surface area contributed by atoms with E-state index in [0.717, 1.165) is 12.8 Å². The van der Waals surface area contributed by atoms with E-state index >= 15 is 0 Å². The second-order valence-electron chi connectivity index (χ2n) is 5.11. The van der Waals surface area contributed by atoms with E-state index in [1.54, 1.807) is 0 Å². The fourth-order valence-electron chi connectivity index (χ4n) is 2.64. The van der Waals surface area contributed by atoms with Crippen LogP contribution in [0.25, 0.3) is 0 Å². The normalized spacial score (nSPS) is 27.4. The average molecular weight is 233 g/mol. The lowest BCUT2D eigenvalue weighted by atomic mass is 10.0. The number of hydrogen-bond donors (Lipinski definition) is 2. The Labute approximate surface area is 104 Å². The molecular formula is C15H23NO. The zero-order valence-corrected chi connectivity index (χ0v) is 10.6. The van der Waals surface area contributed by atoms with Gasteiger partial charge in [-0.1, -0.05) is 49.6 Å². The van der Waals surface area contributed by atoms with Gasteiger partial charge < -0.3 is 10.4 Å². The summed E-state index contributed by atoms with van der Waals surface area (Å²) in [6, 6.07) is 11.0. The van der Waals surface area contributed by atoms with Crippen molar-refractivity contribution in [2.45, 2.75) is 57.2 Å². The van der Waals surface area contributed by atoms with Crippen molar-refractivity contribution in [3.8, 4) is 0 Å². The molecule has 0 radical (unpaired) electrons. The molecule has 0 aliphatic heterocycles. The second-order valence-corrected chi connectivity index (χ2v) is 5.11. The first-order chi connectivity index (χ1) is 8.27. The van der Waals surface area contributed by atoms with E-state index in [2.05, 4.69) is 36.5 Å². The molecule has 2 rings (SSSR count). The lowest BCUT2D eigenvalue weighted by Gasteiger charge is -2.26. The highest BCUT2D eigenvalue weighted by Crippen LogP contribution is 2.21. The minimum absolute atomic E-state index is 0.177. The topological polar surface area (TPSA) is 32.3 Å². The van der Waals surface area contributed by atoms with E-state index in [1.807, 2.05) is 6.07 Å². The molecule has 2 N–H and O–H groups in total. The molecule has 0 heterocycles. The molecule has 17 heavy (non-hydrogen) atoms. The Morgan fingerprint density at radius 1 is 1.12 bits per heavy atom. The van der Waals surface area contributed by atoms with Crippen LogP contribution in [0.15, 0.2) is 30.3 Å². The van der Waals surface area contributed by atoms with Crippen LogP contribution in [0, 0.1) is 0 Å². The van der Waals surface area contributed by atoms with E-state index in [0.29, 0.717) is 6.04 Å². The highest BCUT2D eigenvalue weighted by atomic mass is 16.3. The maximum absolute atomic E-state index is 10.1. The van der Waals surface area contributed by atoms with Crippen LogP contribution < -0.4 is 5.32 Å². The van der Waals surface area contributed by atoms with Crippen molar-refractivity contribution in [2.24, 2.45) is 0 Å². The summed E-state index contributed by atoms with van der Waals surface area (Å²) in [5, 5.41) is 13.7. The van der Waals surface area contributed by atoms with Gasteiger partial charge in [0.25, 0.3) is 0 Å². The maximum Gasteiger partial charge on any atom is 0.0693 e. The summed E-state index contributed by atoms with van der Waals surface area (Å²) >= 11 is 0. The molecule has 0 amide bonds. The zero-order chi connectivity index (χ0) is 12.1. The van der Waals surface area contributed by atoms with Crippen molar-refractivity contribution in [1.82, 2.24) is 5.32 Å². The molecule has 1 aromatic rings. The van der Waals surface area contributed by atoms with Crippen LogP contribution in [-0.2, 0) is 0 Å². The SMILES string of the molecule is CC(NC1CCCCCC1O)c1ccccc1. The first kappa shape index (κ1) is 12.6. The lowest BCUT2D eigenvalue weighted by Crippen LogP contribution is -2.40. The van der Waals surface area contributed by atoms with Gasteiger partial charge in [-0.15, -0.1) is 0 Å². The third kappa shape index (κ3) is 3.55. The summed E-state index contributed by atoms with van der Waals surface area (Å²) in [5.41, 5.74) is 1.30. The third-order valence-corrected chi connectivity index (χ3v) is 3.74. The quantitative estimate of drug-likeness (QED) is 0.787.